The molecule has 15 heavy (non-hydrogen) atoms. The van der Waals surface area contributed by atoms with Crippen molar-refractivity contribution in [1.29, 1.82) is 0 Å². The summed E-state index contributed by atoms with van der Waals surface area (Å²) in [6.45, 7) is 5.68. The number of carbonyl (C=O) groups excluding carboxylic acids is 1. The van der Waals surface area contributed by atoms with Crippen LogP contribution in [0.4, 0.5) is 0 Å². The van der Waals surface area contributed by atoms with Crippen LogP contribution in [-0.4, -0.2) is 13.1 Å². The van der Waals surface area contributed by atoms with E-state index in [9.17, 15) is 4.79 Å². The minimum absolute atomic E-state index is 0.0161. The third-order valence-corrected chi connectivity index (χ3v) is 4.61. The van der Waals surface area contributed by atoms with Crippen molar-refractivity contribution in [2.24, 2.45) is 16.7 Å². The molecule has 1 aliphatic carbocycles. The Morgan fingerprint density at radius 3 is 2.00 bits per heavy atom. The topological polar surface area (TPSA) is 26.3 Å². The summed E-state index contributed by atoms with van der Waals surface area (Å²) >= 11 is 17.2. The third kappa shape index (κ3) is 1.67. The Morgan fingerprint density at radius 1 is 1.20 bits per heavy atom. The summed E-state index contributed by atoms with van der Waals surface area (Å²) in [5.41, 5.74) is -0.930. The normalized spacial score (nSPS) is 32.1. The van der Waals surface area contributed by atoms with Gasteiger partial charge >= 0.3 is 5.97 Å². The molecule has 0 aliphatic heterocycles. The quantitative estimate of drug-likeness (QED) is 0.716. The molecule has 0 N–H and O–H groups in total. The van der Waals surface area contributed by atoms with Gasteiger partial charge in [0.2, 0.25) is 0 Å². The monoisotopic (exact) mass is 270 g/mol. The molecule has 2 nitrogen and oxygen atoms in total. The van der Waals surface area contributed by atoms with Gasteiger partial charge in [0.1, 0.15) is 4.49 Å². The zero-order valence-electron chi connectivity index (χ0n) is 9.03. The highest BCUT2D eigenvalue weighted by Gasteiger charge is 2.74. The molecule has 0 spiro atoms. The lowest BCUT2D eigenvalue weighted by molar-refractivity contribution is -0.148. The molecule has 86 valence electrons. The average molecular weight is 272 g/mol. The molecule has 0 saturated heterocycles. The van der Waals surface area contributed by atoms with Crippen molar-refractivity contribution < 1.29 is 9.53 Å². The highest BCUT2D eigenvalue weighted by molar-refractivity contribution is 6.59. The smallest absolute Gasteiger partial charge is 0.312 e. The zero-order chi connectivity index (χ0) is 12.0. The van der Waals surface area contributed by atoms with Gasteiger partial charge in [-0.3, -0.25) is 4.79 Å². The highest BCUT2D eigenvalue weighted by atomic mass is 35.5. The fourth-order valence-electron chi connectivity index (χ4n) is 2.25. The van der Waals surface area contributed by atoms with Crippen LogP contribution in [0.15, 0.2) is 9.52 Å². The number of ether oxygens (including phenoxy) is 1. The number of halogens is 3. The Bertz CT molecular complexity index is 332. The lowest BCUT2D eigenvalue weighted by atomic mass is 9.99. The maximum absolute atomic E-state index is 11.7. The Morgan fingerprint density at radius 2 is 1.67 bits per heavy atom. The molecule has 1 aliphatic rings. The molecule has 2 unspecified atom stereocenters. The Hall–Kier alpha value is 0.0800. The fraction of sp³-hybridized carbons (Fsp3) is 0.700. The van der Waals surface area contributed by atoms with Crippen molar-refractivity contribution in [2.45, 2.75) is 20.8 Å². The van der Waals surface area contributed by atoms with Crippen molar-refractivity contribution in [1.82, 2.24) is 0 Å². The predicted octanol–water partition coefficient (Wildman–Crippen LogP) is 3.71. The highest BCUT2D eigenvalue weighted by Crippen LogP contribution is 2.73. The minimum atomic E-state index is -0.645. The predicted molar refractivity (Wildman–Crippen MR) is 62.0 cm³/mol. The summed E-state index contributed by atoms with van der Waals surface area (Å²) in [5.74, 6) is -0.464. The number of hydrogen-bond donors (Lipinski definition) is 0. The van der Waals surface area contributed by atoms with Gasteiger partial charge in [-0.05, 0) is 12.3 Å². The summed E-state index contributed by atoms with van der Waals surface area (Å²) in [5, 5.41) is 0.330. The van der Waals surface area contributed by atoms with E-state index in [1.165, 1.54) is 7.11 Å². The zero-order valence-corrected chi connectivity index (χ0v) is 11.3. The van der Waals surface area contributed by atoms with Gasteiger partial charge < -0.3 is 4.74 Å². The molecule has 0 aromatic rings. The summed E-state index contributed by atoms with van der Waals surface area (Å²) in [6.07, 6.45) is 0. The molecular weight excluding hydrogens is 258 g/mol. The van der Waals surface area contributed by atoms with Crippen molar-refractivity contribution >= 4 is 40.8 Å². The third-order valence-electron chi connectivity index (χ3n) is 3.60. The second-order valence-corrected chi connectivity index (χ2v) is 5.81. The van der Waals surface area contributed by atoms with Crippen LogP contribution in [0.2, 0.25) is 0 Å². The van der Waals surface area contributed by atoms with Crippen LogP contribution in [-0.2, 0) is 9.53 Å². The van der Waals surface area contributed by atoms with Crippen molar-refractivity contribution in [3.63, 3.8) is 0 Å². The summed E-state index contributed by atoms with van der Waals surface area (Å²) in [6, 6.07) is 0. The Kier molecular flexibility index (Phi) is 3.36. The van der Waals surface area contributed by atoms with Crippen LogP contribution in [0.25, 0.3) is 0 Å². The van der Waals surface area contributed by atoms with Gasteiger partial charge in [-0.2, -0.15) is 0 Å². The van der Waals surface area contributed by atoms with Crippen LogP contribution in [0, 0.1) is 16.7 Å². The van der Waals surface area contributed by atoms with Crippen LogP contribution in [0.1, 0.15) is 20.8 Å². The van der Waals surface area contributed by atoms with E-state index in [0.29, 0.717) is 5.03 Å². The van der Waals surface area contributed by atoms with Crippen molar-refractivity contribution in [2.75, 3.05) is 7.11 Å². The molecular formula is C10H13Cl3O2. The molecule has 0 heterocycles. The van der Waals surface area contributed by atoms with Crippen LogP contribution >= 0.6 is 34.8 Å². The van der Waals surface area contributed by atoms with Crippen molar-refractivity contribution in [3.8, 4) is 0 Å². The van der Waals surface area contributed by atoms with Gasteiger partial charge in [0, 0.05) is 5.92 Å². The second kappa shape index (κ2) is 3.83. The van der Waals surface area contributed by atoms with E-state index < -0.39 is 5.41 Å². The van der Waals surface area contributed by atoms with Gasteiger partial charge in [0.05, 0.1) is 17.6 Å². The number of rotatable bonds is 2. The van der Waals surface area contributed by atoms with Gasteiger partial charge in [0.15, 0.2) is 0 Å². The van der Waals surface area contributed by atoms with Crippen LogP contribution in [0.3, 0.4) is 0 Å². The first-order valence-electron chi connectivity index (χ1n) is 4.50. The summed E-state index contributed by atoms with van der Waals surface area (Å²) < 4.78 is 4.78. The van der Waals surface area contributed by atoms with Crippen LogP contribution in [0.5, 0.6) is 0 Å². The van der Waals surface area contributed by atoms with E-state index in [-0.39, 0.29) is 21.8 Å². The second-order valence-electron chi connectivity index (χ2n) is 4.46. The number of carbonyl (C=O) groups is 1. The lowest BCUT2D eigenvalue weighted by Gasteiger charge is -2.10. The van der Waals surface area contributed by atoms with Gasteiger partial charge in [-0.25, -0.2) is 0 Å². The molecule has 0 aromatic carbocycles. The van der Waals surface area contributed by atoms with E-state index in [2.05, 4.69) is 0 Å². The molecule has 1 saturated carbocycles. The van der Waals surface area contributed by atoms with E-state index in [0.717, 1.165) is 0 Å². The molecule has 0 bridgehead atoms. The lowest BCUT2D eigenvalue weighted by Crippen LogP contribution is -2.19. The molecule has 0 radical (unpaired) electrons. The van der Waals surface area contributed by atoms with Gasteiger partial charge in [0.25, 0.3) is 0 Å². The first kappa shape index (κ1) is 13.1. The maximum atomic E-state index is 11.7. The SMILES string of the molecule is COC(=O)C1(C)C(C(Cl)=C(Cl)Cl)C1(C)C. The number of allylic oxidation sites excluding steroid dienone is 1. The molecule has 2 atom stereocenters. The standard InChI is InChI=1S/C10H13Cl3O2/c1-9(2)6(5(11)7(12)13)10(9,3)8(14)15-4/h6H,1-4H3. The first-order chi connectivity index (χ1) is 6.71. The fourth-order valence-corrected chi connectivity index (χ4v) is 2.96. The Labute approximate surface area is 105 Å². The van der Waals surface area contributed by atoms with E-state index >= 15 is 0 Å². The van der Waals surface area contributed by atoms with E-state index in [1.54, 1.807) is 0 Å². The summed E-state index contributed by atoms with van der Waals surface area (Å²) in [4.78, 5) is 11.7. The first-order valence-corrected chi connectivity index (χ1v) is 5.63. The molecule has 0 aromatic heterocycles. The van der Waals surface area contributed by atoms with Crippen LogP contribution < -0.4 is 0 Å². The maximum Gasteiger partial charge on any atom is 0.312 e. The van der Waals surface area contributed by atoms with E-state index in [1.807, 2.05) is 20.8 Å². The number of hydrogen-bond acceptors (Lipinski definition) is 2. The number of methoxy groups -OCH3 is 1. The van der Waals surface area contributed by atoms with Crippen molar-refractivity contribution in [3.05, 3.63) is 9.52 Å². The molecule has 5 heteroatoms. The summed E-state index contributed by atoms with van der Waals surface area (Å²) in [7, 11) is 1.36. The average Bonchev–Trinajstić information content (AvgIpc) is 2.59. The molecule has 0 amide bonds. The minimum Gasteiger partial charge on any atom is -0.469 e. The molecule has 1 fully saturated rings. The Balaban J connectivity index is 3.08. The van der Waals surface area contributed by atoms with E-state index in [4.69, 9.17) is 39.5 Å². The number of esters is 1. The van der Waals surface area contributed by atoms with Gasteiger partial charge in [-0.15, -0.1) is 0 Å². The van der Waals surface area contributed by atoms with Gasteiger partial charge in [-0.1, -0.05) is 48.7 Å². The largest absolute Gasteiger partial charge is 0.469 e. The molecule has 1 rings (SSSR count).